The molecule has 0 aromatic carbocycles. The molecule has 1 heterocycles. The highest BCUT2D eigenvalue weighted by Crippen LogP contribution is 2.22. The molecule has 0 radical (unpaired) electrons. The van der Waals surface area contributed by atoms with Gasteiger partial charge in [-0.25, -0.2) is 4.79 Å². The van der Waals surface area contributed by atoms with Gasteiger partial charge in [0.15, 0.2) is 0 Å². The summed E-state index contributed by atoms with van der Waals surface area (Å²) in [5.74, 6) is -2.41. The first-order valence-corrected chi connectivity index (χ1v) is 3.32. The van der Waals surface area contributed by atoms with Gasteiger partial charge in [-0.2, -0.15) is 0 Å². The van der Waals surface area contributed by atoms with Crippen LogP contribution in [0.3, 0.4) is 0 Å². The second kappa shape index (κ2) is 3.22. The Kier molecular flexibility index (Phi) is 2.46. The van der Waals surface area contributed by atoms with Crippen LogP contribution in [0.2, 0.25) is 0 Å². The van der Waals surface area contributed by atoms with Gasteiger partial charge in [-0.3, -0.25) is 0 Å². The molecule has 1 rings (SSSR count). The zero-order chi connectivity index (χ0) is 9.19. The maximum atomic E-state index is 10.6. The minimum absolute atomic E-state index is 0.614. The summed E-state index contributed by atoms with van der Waals surface area (Å²) < 4.78 is 14.0. The lowest BCUT2D eigenvalue weighted by Gasteiger charge is -2.26. The smallest absolute Gasteiger partial charge is 0.333 e. The lowest BCUT2D eigenvalue weighted by molar-refractivity contribution is -0.281. The summed E-state index contributed by atoms with van der Waals surface area (Å²) in [6, 6.07) is 0. The van der Waals surface area contributed by atoms with E-state index in [0.29, 0.717) is 0 Å². The van der Waals surface area contributed by atoms with Crippen molar-refractivity contribution in [1.29, 1.82) is 0 Å². The molecule has 1 aliphatic rings. The zero-order valence-electron chi connectivity index (χ0n) is 6.81. The Morgan fingerprint density at radius 1 is 1.58 bits per heavy atom. The lowest BCUT2D eigenvalue weighted by Crippen LogP contribution is -2.44. The number of ether oxygens (including phenoxy) is 3. The van der Waals surface area contributed by atoms with E-state index in [2.05, 4.69) is 4.74 Å². The molecule has 1 atom stereocenters. The fourth-order valence-corrected chi connectivity index (χ4v) is 0.977. The quantitative estimate of drug-likeness (QED) is 0.457. The minimum Gasteiger partial charge on any atom is -0.421 e. The van der Waals surface area contributed by atoms with Crippen molar-refractivity contribution >= 4 is 5.97 Å². The van der Waals surface area contributed by atoms with E-state index in [1.54, 1.807) is 0 Å². The number of esters is 1. The molecular formula is C7H10O5. The highest BCUT2D eigenvalue weighted by atomic mass is 16.7. The van der Waals surface area contributed by atoms with Crippen LogP contribution in [0.25, 0.3) is 0 Å². The number of cyclic esters (lactones) is 1. The Morgan fingerprint density at radius 2 is 2.17 bits per heavy atom. The van der Waals surface area contributed by atoms with Crippen LogP contribution in [0.1, 0.15) is 0 Å². The standard InChI is InChI=1S/C7H10O5/c1-10-6(11-2)7(9)4-3-5(8)12-7/h3-4,6,9H,1-2H3. The normalized spacial score (nSPS) is 28.2. The average molecular weight is 174 g/mol. The van der Waals surface area contributed by atoms with Crippen molar-refractivity contribution in [3.05, 3.63) is 12.2 Å². The second-order valence-corrected chi connectivity index (χ2v) is 2.31. The highest BCUT2D eigenvalue weighted by molar-refractivity contribution is 5.84. The SMILES string of the molecule is COC(OC)C1(O)C=CC(=O)O1. The number of hydrogen-bond acceptors (Lipinski definition) is 5. The van der Waals surface area contributed by atoms with Gasteiger partial charge in [0.1, 0.15) is 0 Å². The molecule has 0 aromatic heterocycles. The lowest BCUT2D eigenvalue weighted by atomic mass is 10.2. The van der Waals surface area contributed by atoms with Crippen molar-refractivity contribution in [3.63, 3.8) is 0 Å². The molecule has 0 saturated carbocycles. The molecular weight excluding hydrogens is 164 g/mol. The molecule has 1 aliphatic heterocycles. The van der Waals surface area contributed by atoms with Crippen molar-refractivity contribution in [1.82, 2.24) is 0 Å². The number of methoxy groups -OCH3 is 2. The molecule has 1 N–H and O–H groups in total. The molecule has 0 bridgehead atoms. The Hall–Kier alpha value is -0.910. The number of rotatable bonds is 3. The number of carbonyl (C=O) groups is 1. The first-order chi connectivity index (χ1) is 5.62. The monoisotopic (exact) mass is 174 g/mol. The van der Waals surface area contributed by atoms with Gasteiger partial charge in [0, 0.05) is 20.3 Å². The zero-order valence-corrected chi connectivity index (χ0v) is 6.81. The van der Waals surface area contributed by atoms with E-state index in [-0.39, 0.29) is 0 Å². The highest BCUT2D eigenvalue weighted by Gasteiger charge is 2.42. The fourth-order valence-electron chi connectivity index (χ4n) is 0.977. The first kappa shape index (κ1) is 9.18. The van der Waals surface area contributed by atoms with Crippen LogP contribution in [-0.2, 0) is 19.0 Å². The third-order valence-electron chi connectivity index (χ3n) is 1.49. The van der Waals surface area contributed by atoms with Gasteiger partial charge < -0.3 is 19.3 Å². The molecule has 0 saturated heterocycles. The van der Waals surface area contributed by atoms with Gasteiger partial charge in [0.25, 0.3) is 5.79 Å². The number of aliphatic hydroxyl groups is 1. The van der Waals surface area contributed by atoms with Crippen molar-refractivity contribution in [2.24, 2.45) is 0 Å². The van der Waals surface area contributed by atoms with Crippen LogP contribution in [0.5, 0.6) is 0 Å². The van der Waals surface area contributed by atoms with E-state index in [0.717, 1.165) is 6.08 Å². The van der Waals surface area contributed by atoms with Gasteiger partial charge in [-0.1, -0.05) is 0 Å². The molecule has 5 heteroatoms. The summed E-state index contributed by atoms with van der Waals surface area (Å²) in [4.78, 5) is 10.6. The Balaban J connectivity index is 2.72. The molecule has 12 heavy (non-hydrogen) atoms. The summed E-state index contributed by atoms with van der Waals surface area (Å²) in [7, 11) is 2.68. The van der Waals surface area contributed by atoms with Crippen LogP contribution in [0, 0.1) is 0 Å². The van der Waals surface area contributed by atoms with E-state index >= 15 is 0 Å². The predicted octanol–water partition coefficient (Wildman–Crippen LogP) is -0.593. The van der Waals surface area contributed by atoms with Gasteiger partial charge in [-0.15, -0.1) is 0 Å². The predicted molar refractivity (Wildman–Crippen MR) is 38.0 cm³/mol. The minimum atomic E-state index is -1.79. The largest absolute Gasteiger partial charge is 0.421 e. The van der Waals surface area contributed by atoms with Crippen LogP contribution < -0.4 is 0 Å². The van der Waals surface area contributed by atoms with Crippen LogP contribution in [0.4, 0.5) is 0 Å². The third kappa shape index (κ3) is 1.47. The van der Waals surface area contributed by atoms with Gasteiger partial charge in [0.2, 0.25) is 6.29 Å². The first-order valence-electron chi connectivity index (χ1n) is 3.32. The molecule has 1 unspecified atom stereocenters. The summed E-state index contributed by atoms with van der Waals surface area (Å²) >= 11 is 0. The van der Waals surface area contributed by atoms with Gasteiger partial charge >= 0.3 is 5.97 Å². The van der Waals surface area contributed by atoms with Crippen LogP contribution in [-0.4, -0.2) is 37.4 Å². The van der Waals surface area contributed by atoms with Crippen molar-refractivity contribution in [2.75, 3.05) is 14.2 Å². The number of hydrogen-bond donors (Lipinski definition) is 1. The molecule has 68 valence electrons. The summed E-state index contributed by atoms with van der Waals surface area (Å²) in [6.07, 6.45) is 1.30. The maximum Gasteiger partial charge on any atom is 0.333 e. The van der Waals surface area contributed by atoms with Crippen molar-refractivity contribution in [2.45, 2.75) is 12.1 Å². The molecule has 0 spiro atoms. The number of carbonyl (C=O) groups excluding carboxylic acids is 1. The van der Waals surface area contributed by atoms with Crippen LogP contribution >= 0.6 is 0 Å². The topological polar surface area (TPSA) is 65.0 Å². The third-order valence-corrected chi connectivity index (χ3v) is 1.49. The molecule has 0 aliphatic carbocycles. The second-order valence-electron chi connectivity index (χ2n) is 2.31. The summed E-state index contributed by atoms with van der Waals surface area (Å²) in [5, 5.41) is 9.54. The Morgan fingerprint density at radius 3 is 2.50 bits per heavy atom. The summed E-state index contributed by atoms with van der Waals surface area (Å²) in [6.45, 7) is 0. The van der Waals surface area contributed by atoms with Gasteiger partial charge in [-0.05, 0) is 6.08 Å². The van der Waals surface area contributed by atoms with Crippen molar-refractivity contribution in [3.8, 4) is 0 Å². The fraction of sp³-hybridized carbons (Fsp3) is 0.571. The van der Waals surface area contributed by atoms with E-state index in [1.165, 1.54) is 20.3 Å². The molecule has 0 fully saturated rings. The Labute approximate surface area is 69.5 Å². The molecule has 0 amide bonds. The molecule has 5 nitrogen and oxygen atoms in total. The average Bonchev–Trinajstić information content (AvgIpc) is 2.34. The van der Waals surface area contributed by atoms with E-state index < -0.39 is 18.0 Å². The Bertz CT molecular complexity index is 208. The maximum absolute atomic E-state index is 10.6. The molecule has 0 aromatic rings. The van der Waals surface area contributed by atoms with E-state index in [9.17, 15) is 9.90 Å². The summed E-state index contributed by atoms with van der Waals surface area (Å²) in [5.41, 5.74) is 0. The van der Waals surface area contributed by atoms with Gasteiger partial charge in [0.05, 0.1) is 0 Å². The van der Waals surface area contributed by atoms with Crippen molar-refractivity contribution < 1.29 is 24.1 Å². The van der Waals surface area contributed by atoms with E-state index in [1.807, 2.05) is 0 Å². The van der Waals surface area contributed by atoms with E-state index in [4.69, 9.17) is 9.47 Å². The van der Waals surface area contributed by atoms with Crippen LogP contribution in [0.15, 0.2) is 12.2 Å².